The van der Waals surface area contributed by atoms with Crippen molar-refractivity contribution in [1.82, 2.24) is 0 Å². The van der Waals surface area contributed by atoms with Crippen LogP contribution in [0.4, 0.5) is 180 Å². The van der Waals surface area contributed by atoms with Crippen LogP contribution in [0.25, 0.3) is 0 Å². The second-order valence-electron chi connectivity index (χ2n) is 11.3. The lowest BCUT2D eigenvalue weighted by Gasteiger charge is -2.47. The number of halogens is 42. The second kappa shape index (κ2) is 14.2. The Hall–Kier alpha value is -2.14. The van der Waals surface area contributed by atoms with Crippen LogP contribution < -0.4 is 0 Å². The van der Waals surface area contributed by atoms with Crippen LogP contribution >= 0.6 is 22.6 Å². The van der Waals surface area contributed by atoms with Crippen LogP contribution in [0, 0.1) is 0 Å². The zero-order valence-corrected chi connectivity index (χ0v) is 28.0. The van der Waals surface area contributed by atoms with E-state index in [-0.39, 0.29) is 0 Å². The maximum absolute atomic E-state index is 13.9. The lowest BCUT2D eigenvalue weighted by molar-refractivity contribution is -0.495. The van der Waals surface area contributed by atoms with Crippen molar-refractivity contribution in [2.24, 2.45) is 0 Å². The van der Waals surface area contributed by atoms with E-state index in [2.05, 4.69) is 0 Å². The highest BCUT2D eigenvalue weighted by Gasteiger charge is 3.03. The third-order valence-corrected chi connectivity index (χ3v) is 8.09. The molecule has 62 heavy (non-hydrogen) atoms. The van der Waals surface area contributed by atoms with Crippen LogP contribution in [0.2, 0.25) is 0 Å². The van der Waals surface area contributed by atoms with E-state index in [0.29, 0.717) is 0 Å². The molecule has 0 aliphatic carbocycles. The molecule has 0 saturated carbocycles. The Balaban J connectivity index is 7.98. The van der Waals surface area contributed by atoms with Gasteiger partial charge in [-0.25, -0.2) is 0 Å². The average Bonchev–Trinajstić information content (AvgIpc) is 3.01. The van der Waals surface area contributed by atoms with Crippen molar-refractivity contribution in [3.05, 3.63) is 0 Å². The van der Waals surface area contributed by atoms with Crippen molar-refractivity contribution in [3.8, 4) is 0 Å². The first-order chi connectivity index (χ1) is 25.8. The normalized spacial score (nSPS) is 17.5. The molecule has 0 rings (SSSR count). The standard InChI is InChI=1S/C20F41I/c21-1(22,3(25,26)5(29,30)7(33,34)9(37,38)11(41,42)13(45,46)15(49,50)17(53,54)19(57,58)59)2(23,24)4(27,28)6(31,32)8(35,36)10(39,40)12(43,44)14(47,48)16(51,52)18(55,56)20(60,61)62. The monoisotopic (exact) mass is 1150 g/mol. The van der Waals surface area contributed by atoms with E-state index in [1.807, 2.05) is 0 Å². The van der Waals surface area contributed by atoms with Crippen LogP contribution in [-0.4, -0.2) is 117 Å². The third kappa shape index (κ3) is 6.56. The van der Waals surface area contributed by atoms with Gasteiger partial charge in [-0.15, -0.1) is 0 Å². The van der Waals surface area contributed by atoms with Crippen molar-refractivity contribution in [1.29, 1.82) is 0 Å². The quantitative estimate of drug-likeness (QED) is 0.0729. The SMILES string of the molecule is FC(F)(F)C(F)(F)C(F)(F)C(F)(F)C(F)(F)C(F)(F)C(F)(F)C(F)(F)C(F)(F)C(F)(F)C(F)(F)C(F)(F)C(F)(F)C(F)(F)C(F)(F)C(F)(F)C(F)(F)C(F)(F)C(F)(F)C(F)(F)I. The van der Waals surface area contributed by atoms with Gasteiger partial charge >= 0.3 is 117 Å². The Morgan fingerprint density at radius 1 is 0.129 bits per heavy atom. The summed E-state index contributed by atoms with van der Waals surface area (Å²) in [5.74, 6) is -181. The fourth-order valence-electron chi connectivity index (χ4n) is 3.51. The van der Waals surface area contributed by atoms with Gasteiger partial charge in [0.05, 0.1) is 0 Å². The van der Waals surface area contributed by atoms with Gasteiger partial charge in [-0.3, -0.25) is 0 Å². The Labute approximate surface area is 320 Å². The highest BCUT2D eigenvalue weighted by molar-refractivity contribution is 14.1. The molecule has 374 valence electrons. The first-order valence-corrected chi connectivity index (χ1v) is 13.8. The Bertz CT molecular complexity index is 1510. The van der Waals surface area contributed by atoms with Crippen LogP contribution in [0.5, 0.6) is 0 Å². The van der Waals surface area contributed by atoms with Gasteiger partial charge in [0.1, 0.15) is 0 Å². The Morgan fingerprint density at radius 2 is 0.210 bits per heavy atom. The van der Waals surface area contributed by atoms with Gasteiger partial charge in [0.25, 0.3) is 0 Å². The fourth-order valence-corrected chi connectivity index (χ4v) is 3.85. The summed E-state index contributed by atoms with van der Waals surface area (Å²) in [6, 6.07) is 0. The molecule has 0 unspecified atom stereocenters. The van der Waals surface area contributed by atoms with E-state index in [9.17, 15) is 180 Å². The number of alkyl halides is 42. The highest BCUT2D eigenvalue weighted by Crippen LogP contribution is 2.71. The van der Waals surface area contributed by atoms with Crippen LogP contribution in [-0.2, 0) is 0 Å². The molecule has 0 amide bonds. The van der Waals surface area contributed by atoms with E-state index >= 15 is 0 Å². The maximum Gasteiger partial charge on any atom is 0.460 e. The summed E-state index contributed by atoms with van der Waals surface area (Å²) in [6.45, 7) is 0. The molecule has 0 N–H and O–H groups in total. The van der Waals surface area contributed by atoms with Crippen molar-refractivity contribution in [2.45, 2.75) is 117 Å². The summed E-state index contributed by atoms with van der Waals surface area (Å²) in [5.41, 5.74) is 0. The smallest absolute Gasteiger partial charge is 0.192 e. The number of rotatable bonds is 18. The van der Waals surface area contributed by atoms with Gasteiger partial charge in [0.15, 0.2) is 0 Å². The summed E-state index contributed by atoms with van der Waals surface area (Å²) in [5, 5.41) is 0. The highest BCUT2D eigenvalue weighted by atomic mass is 127. The Kier molecular flexibility index (Phi) is 13.7. The molecule has 0 bridgehead atoms. The molecule has 0 aromatic carbocycles. The summed E-state index contributed by atoms with van der Waals surface area (Å²) < 4.78 is 546. The van der Waals surface area contributed by atoms with E-state index in [1.165, 1.54) is 0 Å². The Morgan fingerprint density at radius 3 is 0.290 bits per heavy atom. The molecule has 0 radical (unpaired) electrons. The van der Waals surface area contributed by atoms with Gasteiger partial charge in [0, 0.05) is 22.6 Å². The van der Waals surface area contributed by atoms with E-state index < -0.39 is 139 Å². The first kappa shape index (κ1) is 59.9. The number of hydrogen-bond acceptors (Lipinski definition) is 0. The van der Waals surface area contributed by atoms with E-state index in [4.69, 9.17) is 0 Å². The molecule has 0 aliphatic heterocycles. The first-order valence-electron chi connectivity index (χ1n) is 12.7. The molecular formula is C20F41I. The van der Waals surface area contributed by atoms with Gasteiger partial charge < -0.3 is 0 Å². The minimum Gasteiger partial charge on any atom is -0.192 e. The lowest BCUT2D eigenvalue weighted by Crippen LogP contribution is -2.80. The summed E-state index contributed by atoms with van der Waals surface area (Å²) in [6.07, 6.45) is -8.52. The van der Waals surface area contributed by atoms with E-state index in [0.717, 1.165) is 0 Å². The third-order valence-electron chi connectivity index (χ3n) is 7.42. The zero-order chi connectivity index (χ0) is 52.0. The summed E-state index contributed by atoms with van der Waals surface area (Å²) in [4.78, 5) is 0. The van der Waals surface area contributed by atoms with Gasteiger partial charge in [-0.05, 0) is 0 Å². The minimum absolute atomic E-state index is 1.49. The van der Waals surface area contributed by atoms with Crippen molar-refractivity contribution in [2.75, 3.05) is 0 Å². The van der Waals surface area contributed by atoms with Gasteiger partial charge in [0.2, 0.25) is 0 Å². The molecule has 0 nitrogen and oxygen atoms in total. The molecular weight excluding hydrogens is 1150 g/mol. The molecule has 0 aromatic rings. The lowest BCUT2D eigenvalue weighted by atomic mass is 9.82. The molecule has 42 heteroatoms. The predicted molar refractivity (Wildman–Crippen MR) is 114 cm³/mol. The molecule has 0 saturated heterocycles. The van der Waals surface area contributed by atoms with Crippen molar-refractivity contribution in [3.63, 3.8) is 0 Å². The topological polar surface area (TPSA) is 0 Å². The summed E-state index contributed by atoms with van der Waals surface area (Å²) >= 11 is -1.49. The van der Waals surface area contributed by atoms with Crippen molar-refractivity contribution >= 4 is 22.6 Å². The largest absolute Gasteiger partial charge is 0.460 e. The van der Waals surface area contributed by atoms with Gasteiger partial charge in [-0.2, -0.15) is 180 Å². The fraction of sp³-hybridized carbons (Fsp3) is 1.00. The molecule has 0 aliphatic rings. The predicted octanol–water partition coefficient (Wildman–Crippen LogP) is 14.0. The molecule has 0 atom stereocenters. The molecule has 0 spiro atoms. The summed E-state index contributed by atoms with van der Waals surface area (Å²) in [7, 11) is 0. The van der Waals surface area contributed by atoms with Crippen LogP contribution in [0.3, 0.4) is 0 Å². The molecule has 0 aromatic heterocycles. The van der Waals surface area contributed by atoms with E-state index in [1.54, 1.807) is 0 Å². The average molecular weight is 1150 g/mol. The van der Waals surface area contributed by atoms with Gasteiger partial charge in [-0.1, -0.05) is 0 Å². The van der Waals surface area contributed by atoms with Crippen molar-refractivity contribution < 1.29 is 180 Å². The number of hydrogen-bond donors (Lipinski definition) is 0. The van der Waals surface area contributed by atoms with Crippen LogP contribution in [0.1, 0.15) is 0 Å². The molecule has 0 fully saturated rings. The second-order valence-corrected chi connectivity index (χ2v) is 12.7. The zero-order valence-electron chi connectivity index (χ0n) is 25.9. The maximum atomic E-state index is 13.9. The molecule has 0 heterocycles. The van der Waals surface area contributed by atoms with Crippen LogP contribution in [0.15, 0.2) is 0 Å². The minimum atomic E-state index is -10.6.